The fourth-order valence-corrected chi connectivity index (χ4v) is 5.33. The Bertz CT molecular complexity index is 1130. The first-order valence-electron chi connectivity index (χ1n) is 11.7. The fourth-order valence-electron chi connectivity index (χ4n) is 4.35. The van der Waals surface area contributed by atoms with Crippen molar-refractivity contribution in [3.63, 3.8) is 0 Å². The molecule has 2 aromatic carbocycles. The number of nitrogens with one attached hydrogen (secondary N) is 1. The second-order valence-corrected chi connectivity index (χ2v) is 9.48. The van der Waals surface area contributed by atoms with Crippen LogP contribution >= 0.6 is 11.3 Å². The number of hydrogen-bond acceptors (Lipinski definition) is 6. The third kappa shape index (κ3) is 5.48. The van der Waals surface area contributed by atoms with Gasteiger partial charge in [0.05, 0.1) is 13.2 Å². The number of esters is 1. The van der Waals surface area contributed by atoms with Gasteiger partial charge >= 0.3 is 5.97 Å². The Morgan fingerprint density at radius 2 is 1.82 bits per heavy atom. The zero-order valence-electron chi connectivity index (χ0n) is 19.9. The second kappa shape index (κ2) is 10.8. The fraction of sp³-hybridized carbons (Fsp3) is 0.333. The van der Waals surface area contributed by atoms with Crippen molar-refractivity contribution in [1.82, 2.24) is 4.90 Å². The van der Waals surface area contributed by atoms with Gasteiger partial charge in [-0.1, -0.05) is 48.0 Å². The Morgan fingerprint density at radius 1 is 1.09 bits per heavy atom. The van der Waals surface area contributed by atoms with E-state index in [-0.39, 0.29) is 19.1 Å². The van der Waals surface area contributed by atoms with Crippen LogP contribution in [-0.2, 0) is 9.53 Å². The van der Waals surface area contributed by atoms with Crippen molar-refractivity contribution in [2.24, 2.45) is 0 Å². The highest BCUT2D eigenvalue weighted by Crippen LogP contribution is 2.36. The number of thiophene rings is 1. The average molecular weight is 478 g/mol. The quantitative estimate of drug-likeness (QED) is 0.483. The highest BCUT2D eigenvalue weighted by Gasteiger charge is 2.27. The van der Waals surface area contributed by atoms with E-state index in [1.165, 1.54) is 22.6 Å². The zero-order valence-corrected chi connectivity index (χ0v) is 20.7. The van der Waals surface area contributed by atoms with Gasteiger partial charge in [0.1, 0.15) is 10.6 Å². The maximum Gasteiger partial charge on any atom is 0.341 e. The van der Waals surface area contributed by atoms with Crippen molar-refractivity contribution in [2.75, 3.05) is 43.0 Å². The third-order valence-electron chi connectivity index (χ3n) is 6.05. The van der Waals surface area contributed by atoms with Gasteiger partial charge in [0.25, 0.3) is 0 Å². The molecule has 1 aliphatic rings. The predicted molar refractivity (Wildman–Crippen MR) is 139 cm³/mol. The second-order valence-electron chi connectivity index (χ2n) is 8.60. The first-order chi connectivity index (χ1) is 16.5. The molecule has 0 aliphatic carbocycles. The molecule has 3 aromatic rings. The van der Waals surface area contributed by atoms with E-state index in [1.807, 2.05) is 35.7 Å². The molecular weight excluding hydrogens is 446 g/mol. The van der Waals surface area contributed by atoms with Crippen LogP contribution in [0.4, 0.5) is 10.7 Å². The Labute approximate surface area is 205 Å². The van der Waals surface area contributed by atoms with E-state index in [9.17, 15) is 9.59 Å². The van der Waals surface area contributed by atoms with Gasteiger partial charge in [-0.05, 0) is 38.5 Å². The smallest absolute Gasteiger partial charge is 0.341 e. The van der Waals surface area contributed by atoms with Crippen molar-refractivity contribution < 1.29 is 14.3 Å². The van der Waals surface area contributed by atoms with Crippen LogP contribution in [0.3, 0.4) is 0 Å². The molecule has 6 nitrogen and oxygen atoms in total. The molecule has 7 heteroatoms. The molecule has 4 rings (SSSR count). The van der Waals surface area contributed by atoms with Crippen LogP contribution in [0, 0.1) is 6.92 Å². The molecule has 0 radical (unpaired) electrons. The molecule has 1 saturated heterocycles. The maximum absolute atomic E-state index is 12.9. The zero-order chi connectivity index (χ0) is 24.1. The standard InChI is InChI=1S/C27H31N3O3S/c1-4-33-27(32)25-23(21-8-6-5-7-9-21)18-34-26(25)28-24(31)17-29-14-15-30(20(3)16-29)22-12-10-19(2)11-13-22/h5-13,18,20H,4,14-17H2,1-3H3,(H,28,31). The minimum Gasteiger partial charge on any atom is -0.462 e. The minimum atomic E-state index is -0.418. The summed E-state index contributed by atoms with van der Waals surface area (Å²) in [7, 11) is 0. The summed E-state index contributed by atoms with van der Waals surface area (Å²) >= 11 is 1.36. The number of nitrogens with zero attached hydrogens (tertiary/aromatic N) is 2. The molecule has 0 spiro atoms. The molecule has 2 heterocycles. The normalized spacial score (nSPS) is 16.3. The van der Waals surface area contributed by atoms with Crippen LogP contribution in [0.2, 0.25) is 0 Å². The summed E-state index contributed by atoms with van der Waals surface area (Å²) in [4.78, 5) is 30.2. The molecule has 1 atom stereocenters. The molecular formula is C27H31N3O3S. The van der Waals surface area contributed by atoms with Gasteiger partial charge in [0.15, 0.2) is 0 Å². The number of carbonyl (C=O) groups is 2. The van der Waals surface area contributed by atoms with E-state index >= 15 is 0 Å². The van der Waals surface area contributed by atoms with E-state index in [0.29, 0.717) is 16.6 Å². The molecule has 34 heavy (non-hydrogen) atoms. The number of ether oxygens (including phenoxy) is 1. The summed E-state index contributed by atoms with van der Waals surface area (Å²) in [6.07, 6.45) is 0. The molecule has 1 aliphatic heterocycles. The third-order valence-corrected chi connectivity index (χ3v) is 6.95. The van der Waals surface area contributed by atoms with Gasteiger partial charge < -0.3 is 15.0 Å². The van der Waals surface area contributed by atoms with E-state index in [2.05, 4.69) is 53.2 Å². The van der Waals surface area contributed by atoms with Crippen molar-refractivity contribution in [3.8, 4) is 11.1 Å². The van der Waals surface area contributed by atoms with Crippen LogP contribution in [0.5, 0.6) is 0 Å². The van der Waals surface area contributed by atoms with E-state index in [4.69, 9.17) is 4.74 Å². The summed E-state index contributed by atoms with van der Waals surface area (Å²) in [5.74, 6) is -0.541. The van der Waals surface area contributed by atoms with Gasteiger partial charge in [-0.2, -0.15) is 0 Å². The van der Waals surface area contributed by atoms with E-state index < -0.39 is 5.97 Å². The van der Waals surface area contributed by atoms with Crippen molar-refractivity contribution >= 4 is 33.9 Å². The Hall–Kier alpha value is -3.16. The molecule has 1 fully saturated rings. The van der Waals surface area contributed by atoms with Gasteiger partial charge in [-0.3, -0.25) is 9.69 Å². The number of hydrogen-bond donors (Lipinski definition) is 1. The van der Waals surface area contributed by atoms with Gasteiger partial charge in [-0.15, -0.1) is 11.3 Å². The van der Waals surface area contributed by atoms with Crippen LogP contribution in [-0.4, -0.2) is 55.6 Å². The SMILES string of the molecule is CCOC(=O)c1c(-c2ccccc2)csc1NC(=O)CN1CCN(c2ccc(C)cc2)C(C)C1. The maximum atomic E-state index is 12.9. The number of amides is 1. The summed E-state index contributed by atoms with van der Waals surface area (Å²) in [5, 5.41) is 5.41. The Morgan fingerprint density at radius 3 is 2.50 bits per heavy atom. The number of rotatable bonds is 7. The molecule has 1 aromatic heterocycles. The van der Waals surface area contributed by atoms with E-state index in [0.717, 1.165) is 30.8 Å². The number of benzene rings is 2. The number of anilines is 2. The average Bonchev–Trinajstić information content (AvgIpc) is 3.24. The largest absolute Gasteiger partial charge is 0.462 e. The van der Waals surface area contributed by atoms with Crippen molar-refractivity contribution in [1.29, 1.82) is 0 Å². The molecule has 0 saturated carbocycles. The molecule has 1 amide bonds. The molecule has 0 bridgehead atoms. The molecule has 178 valence electrons. The topological polar surface area (TPSA) is 61.9 Å². The van der Waals surface area contributed by atoms with Gasteiger partial charge in [0.2, 0.25) is 5.91 Å². The number of carbonyl (C=O) groups excluding carboxylic acids is 2. The molecule has 1 unspecified atom stereocenters. The summed E-state index contributed by atoms with van der Waals surface area (Å²) in [6.45, 7) is 9.08. The van der Waals surface area contributed by atoms with Crippen LogP contribution < -0.4 is 10.2 Å². The Kier molecular flexibility index (Phi) is 7.65. The lowest BCUT2D eigenvalue weighted by atomic mass is 10.0. The predicted octanol–water partition coefficient (Wildman–Crippen LogP) is 5.05. The lowest BCUT2D eigenvalue weighted by molar-refractivity contribution is -0.117. The van der Waals surface area contributed by atoms with Crippen molar-refractivity contribution in [3.05, 3.63) is 71.1 Å². The highest BCUT2D eigenvalue weighted by molar-refractivity contribution is 7.15. The van der Waals surface area contributed by atoms with E-state index in [1.54, 1.807) is 6.92 Å². The van der Waals surface area contributed by atoms with Gasteiger partial charge in [0, 0.05) is 42.3 Å². The molecule has 1 N–H and O–H groups in total. The Balaban J connectivity index is 1.43. The van der Waals surface area contributed by atoms with Crippen LogP contribution in [0.25, 0.3) is 11.1 Å². The van der Waals surface area contributed by atoms with Crippen LogP contribution in [0.1, 0.15) is 29.8 Å². The van der Waals surface area contributed by atoms with Crippen LogP contribution in [0.15, 0.2) is 60.0 Å². The summed E-state index contributed by atoms with van der Waals surface area (Å²) < 4.78 is 5.30. The number of piperazine rings is 1. The number of aryl methyl sites for hydroxylation is 1. The lowest BCUT2D eigenvalue weighted by Gasteiger charge is -2.41. The summed E-state index contributed by atoms with van der Waals surface area (Å²) in [6, 6.07) is 18.6. The summed E-state index contributed by atoms with van der Waals surface area (Å²) in [5.41, 5.74) is 4.58. The van der Waals surface area contributed by atoms with Gasteiger partial charge in [-0.25, -0.2) is 4.79 Å². The van der Waals surface area contributed by atoms with Crippen molar-refractivity contribution in [2.45, 2.75) is 26.8 Å². The first kappa shape index (κ1) is 24.0. The monoisotopic (exact) mass is 477 g/mol. The highest BCUT2D eigenvalue weighted by atomic mass is 32.1. The first-order valence-corrected chi connectivity index (χ1v) is 12.5. The minimum absolute atomic E-state index is 0.122. The lowest BCUT2D eigenvalue weighted by Crippen LogP contribution is -2.53.